The molecule has 25 heavy (non-hydrogen) atoms. The summed E-state index contributed by atoms with van der Waals surface area (Å²) in [7, 11) is 0. The van der Waals surface area contributed by atoms with Crippen LogP contribution in [0.5, 0.6) is 5.75 Å². The lowest BCUT2D eigenvalue weighted by Crippen LogP contribution is -2.41. The summed E-state index contributed by atoms with van der Waals surface area (Å²) in [5.41, 5.74) is 2.31. The van der Waals surface area contributed by atoms with Gasteiger partial charge in [0.2, 0.25) is 0 Å². The van der Waals surface area contributed by atoms with Crippen molar-refractivity contribution in [1.29, 1.82) is 0 Å². The number of hydrogen-bond acceptors (Lipinski definition) is 3. The molecule has 0 aliphatic rings. The Morgan fingerprint density at radius 3 is 2.68 bits per heavy atom. The van der Waals surface area contributed by atoms with Crippen LogP contribution in [0.15, 0.2) is 48.8 Å². The third-order valence-corrected chi connectivity index (χ3v) is 4.04. The van der Waals surface area contributed by atoms with Crippen molar-refractivity contribution in [2.45, 2.75) is 26.7 Å². The number of rotatable bonds is 9. The van der Waals surface area contributed by atoms with E-state index < -0.39 is 0 Å². The van der Waals surface area contributed by atoms with Gasteiger partial charge in [0.1, 0.15) is 5.75 Å². The van der Waals surface area contributed by atoms with E-state index in [2.05, 4.69) is 10.3 Å². The first-order valence-corrected chi connectivity index (χ1v) is 8.80. The molecule has 2 rings (SSSR count). The lowest BCUT2D eigenvalue weighted by molar-refractivity contribution is 0.200. The van der Waals surface area contributed by atoms with Crippen molar-refractivity contribution in [3.8, 4) is 5.75 Å². The van der Waals surface area contributed by atoms with Gasteiger partial charge in [-0.3, -0.25) is 4.98 Å². The predicted octanol–water partition coefficient (Wildman–Crippen LogP) is 3.43. The van der Waals surface area contributed by atoms with E-state index in [4.69, 9.17) is 4.74 Å². The van der Waals surface area contributed by atoms with Gasteiger partial charge in [-0.15, -0.1) is 0 Å². The van der Waals surface area contributed by atoms with Gasteiger partial charge >= 0.3 is 6.03 Å². The highest BCUT2D eigenvalue weighted by Gasteiger charge is 2.10. The number of carbonyl (C=O) groups is 1. The Labute approximate surface area is 150 Å². The van der Waals surface area contributed by atoms with Crippen LogP contribution in [0.1, 0.15) is 24.5 Å². The van der Waals surface area contributed by atoms with Gasteiger partial charge in [-0.1, -0.05) is 18.2 Å². The maximum Gasteiger partial charge on any atom is 0.317 e. The third kappa shape index (κ3) is 6.45. The van der Waals surface area contributed by atoms with Crippen LogP contribution in [-0.4, -0.2) is 42.2 Å². The molecule has 1 aromatic carbocycles. The summed E-state index contributed by atoms with van der Waals surface area (Å²) in [5, 5.41) is 2.97. The minimum absolute atomic E-state index is 0.0209. The van der Waals surface area contributed by atoms with E-state index in [-0.39, 0.29) is 6.03 Å². The molecule has 0 aliphatic carbocycles. The summed E-state index contributed by atoms with van der Waals surface area (Å²) in [6.45, 7) is 6.61. The maximum atomic E-state index is 12.2. The number of carbonyl (C=O) groups excluding carboxylic acids is 1. The lowest BCUT2D eigenvalue weighted by atomic mass is 10.2. The summed E-state index contributed by atoms with van der Waals surface area (Å²) in [4.78, 5) is 18.1. The maximum absolute atomic E-state index is 12.2. The number of urea groups is 1. The van der Waals surface area contributed by atoms with Gasteiger partial charge in [0.05, 0.1) is 6.61 Å². The molecule has 0 atom stereocenters. The molecule has 5 heteroatoms. The SMILES string of the molecule is CCN(CCc1ccncc1)C(=O)NCCCOc1ccccc1C. The Morgan fingerprint density at radius 2 is 1.96 bits per heavy atom. The van der Waals surface area contributed by atoms with Gasteiger partial charge in [-0.2, -0.15) is 0 Å². The zero-order valence-electron chi connectivity index (χ0n) is 15.1. The van der Waals surface area contributed by atoms with Crippen LogP contribution >= 0.6 is 0 Å². The fourth-order valence-corrected chi connectivity index (χ4v) is 2.50. The standard InChI is InChI=1S/C20H27N3O2/c1-3-23(15-11-18-9-13-21-14-10-18)20(24)22-12-6-16-25-19-8-5-4-7-17(19)2/h4-5,7-10,13-14H,3,6,11-12,15-16H2,1-2H3,(H,22,24). The second-order valence-corrected chi connectivity index (χ2v) is 5.88. The van der Waals surface area contributed by atoms with E-state index in [0.717, 1.165) is 24.2 Å². The van der Waals surface area contributed by atoms with Crippen LogP contribution < -0.4 is 10.1 Å². The van der Waals surface area contributed by atoms with Crippen LogP contribution in [0.4, 0.5) is 4.79 Å². The third-order valence-electron chi connectivity index (χ3n) is 4.04. The quantitative estimate of drug-likeness (QED) is 0.711. The number of benzene rings is 1. The average Bonchev–Trinajstić information content (AvgIpc) is 2.64. The van der Waals surface area contributed by atoms with Crippen molar-refractivity contribution in [1.82, 2.24) is 15.2 Å². The molecule has 2 aromatic rings. The van der Waals surface area contributed by atoms with Gasteiger partial charge in [0.25, 0.3) is 0 Å². The second-order valence-electron chi connectivity index (χ2n) is 5.88. The van der Waals surface area contributed by atoms with Crippen LogP contribution in [0, 0.1) is 6.92 Å². The number of amides is 2. The number of ether oxygens (including phenoxy) is 1. The van der Waals surface area contributed by atoms with Crippen LogP contribution in [0.2, 0.25) is 0 Å². The fourth-order valence-electron chi connectivity index (χ4n) is 2.50. The molecule has 0 unspecified atom stereocenters. The summed E-state index contributed by atoms with van der Waals surface area (Å²) < 4.78 is 5.74. The Hall–Kier alpha value is -2.56. The van der Waals surface area contributed by atoms with Gasteiger partial charge in [-0.25, -0.2) is 4.79 Å². The molecule has 1 N–H and O–H groups in total. The largest absolute Gasteiger partial charge is 0.493 e. The lowest BCUT2D eigenvalue weighted by Gasteiger charge is -2.21. The molecule has 0 saturated carbocycles. The van der Waals surface area contributed by atoms with Crippen LogP contribution in [0.25, 0.3) is 0 Å². The predicted molar refractivity (Wildman–Crippen MR) is 99.9 cm³/mol. The number of hydrogen-bond donors (Lipinski definition) is 1. The molecule has 0 radical (unpaired) electrons. The average molecular weight is 341 g/mol. The van der Waals surface area contributed by atoms with Crippen LogP contribution in [0.3, 0.4) is 0 Å². The Balaban J connectivity index is 1.65. The molecule has 0 fully saturated rings. The van der Waals surface area contributed by atoms with Crippen molar-refractivity contribution in [3.63, 3.8) is 0 Å². The number of para-hydroxylation sites is 1. The number of aryl methyl sites for hydroxylation is 1. The number of likely N-dealkylation sites (N-methyl/N-ethyl adjacent to an activating group) is 1. The Morgan fingerprint density at radius 1 is 1.20 bits per heavy atom. The first kappa shape index (κ1) is 18.8. The van der Waals surface area contributed by atoms with E-state index >= 15 is 0 Å². The number of aromatic nitrogens is 1. The molecule has 0 saturated heterocycles. The van der Waals surface area contributed by atoms with E-state index in [1.807, 2.05) is 55.1 Å². The Kier molecular flexibility index (Phi) is 7.76. The highest BCUT2D eigenvalue weighted by Crippen LogP contribution is 2.15. The smallest absolute Gasteiger partial charge is 0.317 e. The summed E-state index contributed by atoms with van der Waals surface area (Å²) in [5.74, 6) is 0.904. The minimum atomic E-state index is -0.0209. The molecule has 0 aliphatic heterocycles. The summed E-state index contributed by atoms with van der Waals surface area (Å²) in [6, 6.07) is 11.9. The van der Waals surface area contributed by atoms with E-state index in [1.54, 1.807) is 12.4 Å². The zero-order chi connectivity index (χ0) is 17.9. The summed E-state index contributed by atoms with van der Waals surface area (Å²) >= 11 is 0. The topological polar surface area (TPSA) is 54.5 Å². The highest BCUT2D eigenvalue weighted by molar-refractivity contribution is 5.74. The molecule has 0 spiro atoms. The van der Waals surface area contributed by atoms with Crippen molar-refractivity contribution < 1.29 is 9.53 Å². The van der Waals surface area contributed by atoms with Gasteiger partial charge in [0, 0.05) is 32.0 Å². The molecular formula is C20H27N3O2. The van der Waals surface area contributed by atoms with Gasteiger partial charge in [-0.05, 0) is 56.0 Å². The Bertz CT molecular complexity index is 646. The molecule has 1 heterocycles. The number of nitrogens with one attached hydrogen (secondary N) is 1. The summed E-state index contributed by atoms with van der Waals surface area (Å²) in [6.07, 6.45) is 5.17. The van der Waals surface area contributed by atoms with E-state index in [0.29, 0.717) is 26.2 Å². The minimum Gasteiger partial charge on any atom is -0.493 e. The van der Waals surface area contributed by atoms with Crippen molar-refractivity contribution in [3.05, 3.63) is 59.9 Å². The molecular weight excluding hydrogens is 314 g/mol. The monoisotopic (exact) mass is 341 g/mol. The van der Waals surface area contributed by atoms with Gasteiger partial charge < -0.3 is 15.0 Å². The molecule has 1 aromatic heterocycles. The first-order chi connectivity index (χ1) is 12.2. The van der Waals surface area contributed by atoms with Crippen molar-refractivity contribution in [2.24, 2.45) is 0 Å². The first-order valence-electron chi connectivity index (χ1n) is 8.80. The molecule has 134 valence electrons. The molecule has 0 bridgehead atoms. The van der Waals surface area contributed by atoms with Crippen LogP contribution in [-0.2, 0) is 6.42 Å². The second kappa shape index (κ2) is 10.3. The normalized spacial score (nSPS) is 10.3. The van der Waals surface area contributed by atoms with Gasteiger partial charge in [0.15, 0.2) is 0 Å². The fraction of sp³-hybridized carbons (Fsp3) is 0.400. The van der Waals surface area contributed by atoms with Crippen molar-refractivity contribution in [2.75, 3.05) is 26.2 Å². The zero-order valence-corrected chi connectivity index (χ0v) is 15.1. The van der Waals surface area contributed by atoms with E-state index in [1.165, 1.54) is 5.56 Å². The molecule has 5 nitrogen and oxygen atoms in total. The van der Waals surface area contributed by atoms with Crippen molar-refractivity contribution >= 4 is 6.03 Å². The highest BCUT2D eigenvalue weighted by atomic mass is 16.5. The van der Waals surface area contributed by atoms with E-state index in [9.17, 15) is 4.79 Å². The number of nitrogens with zero attached hydrogens (tertiary/aromatic N) is 2. The molecule has 2 amide bonds. The number of pyridine rings is 1.